The molecule has 5 heteroatoms. The third-order valence-electron chi connectivity index (χ3n) is 1.88. The molecule has 2 rings (SSSR count). The Balaban J connectivity index is 2.43. The number of nitrogens with zero attached hydrogens (tertiary/aromatic N) is 3. The van der Waals surface area contributed by atoms with Gasteiger partial charge in [0.1, 0.15) is 0 Å². The zero-order chi connectivity index (χ0) is 9.97. The zero-order valence-electron chi connectivity index (χ0n) is 7.57. The lowest BCUT2D eigenvalue weighted by atomic mass is 10.3. The molecule has 0 radical (unpaired) electrons. The van der Waals surface area contributed by atoms with Gasteiger partial charge in [0, 0.05) is 29.0 Å². The fraction of sp³-hybridized carbons (Fsp3) is 0.222. The minimum absolute atomic E-state index is 0.759. The maximum atomic E-state index is 4.42. The van der Waals surface area contributed by atoms with E-state index in [1.54, 1.807) is 23.0 Å². The molecular formula is C9H8BrN3S. The Labute approximate surface area is 94.4 Å². The highest BCUT2D eigenvalue weighted by Crippen LogP contribution is 2.20. The highest BCUT2D eigenvalue weighted by molar-refractivity contribution is 9.08. The lowest BCUT2D eigenvalue weighted by Crippen LogP contribution is -1.94. The van der Waals surface area contributed by atoms with Gasteiger partial charge in [0.15, 0.2) is 5.82 Å². The van der Waals surface area contributed by atoms with Gasteiger partial charge in [-0.05, 0) is 6.92 Å². The molecule has 0 unspecified atom stereocenters. The largest absolute Gasteiger partial charge is 0.252 e. The second-order valence-corrected chi connectivity index (χ2v) is 4.25. The predicted molar refractivity (Wildman–Crippen MR) is 60.5 cm³/mol. The Kier molecular flexibility index (Phi) is 2.88. The molecule has 0 aliphatic heterocycles. The molecule has 0 aliphatic rings. The van der Waals surface area contributed by atoms with Crippen molar-refractivity contribution >= 4 is 27.3 Å². The minimum atomic E-state index is 0.759. The average Bonchev–Trinajstić information content (AvgIpc) is 2.70. The molecule has 0 aromatic carbocycles. The SMILES string of the molecule is Cc1nc(-c2cncs2)ncc1CBr. The van der Waals surface area contributed by atoms with E-state index in [-0.39, 0.29) is 0 Å². The molecule has 2 aromatic heterocycles. The van der Waals surface area contributed by atoms with Crippen LogP contribution in [0.1, 0.15) is 11.3 Å². The molecule has 3 nitrogen and oxygen atoms in total. The normalized spacial score (nSPS) is 10.4. The van der Waals surface area contributed by atoms with Gasteiger partial charge >= 0.3 is 0 Å². The summed E-state index contributed by atoms with van der Waals surface area (Å²) < 4.78 is 0. The van der Waals surface area contributed by atoms with Crippen LogP contribution in [0.25, 0.3) is 10.7 Å². The van der Waals surface area contributed by atoms with E-state index in [1.807, 2.05) is 13.1 Å². The van der Waals surface area contributed by atoms with Crippen LogP contribution >= 0.6 is 27.3 Å². The van der Waals surface area contributed by atoms with Gasteiger partial charge < -0.3 is 0 Å². The quantitative estimate of drug-likeness (QED) is 0.787. The van der Waals surface area contributed by atoms with Crippen molar-refractivity contribution in [1.82, 2.24) is 15.0 Å². The van der Waals surface area contributed by atoms with E-state index >= 15 is 0 Å². The molecule has 0 spiro atoms. The number of hydrogen-bond acceptors (Lipinski definition) is 4. The third-order valence-corrected chi connectivity index (χ3v) is 3.25. The smallest absolute Gasteiger partial charge is 0.171 e. The molecule has 0 N–H and O–H groups in total. The van der Waals surface area contributed by atoms with Crippen molar-refractivity contribution in [2.75, 3.05) is 0 Å². The summed E-state index contributed by atoms with van der Waals surface area (Å²) in [7, 11) is 0. The summed E-state index contributed by atoms with van der Waals surface area (Å²) in [4.78, 5) is 13.7. The van der Waals surface area contributed by atoms with Crippen LogP contribution in [0.2, 0.25) is 0 Å². The molecule has 0 saturated heterocycles. The Hall–Kier alpha value is -0.810. The lowest BCUT2D eigenvalue weighted by Gasteiger charge is -2.01. The van der Waals surface area contributed by atoms with Gasteiger partial charge in [-0.2, -0.15) is 0 Å². The fourth-order valence-electron chi connectivity index (χ4n) is 1.07. The molecule has 14 heavy (non-hydrogen) atoms. The van der Waals surface area contributed by atoms with Crippen molar-refractivity contribution < 1.29 is 0 Å². The standard InChI is InChI=1S/C9H8BrN3S/c1-6-7(2-10)3-12-9(13-6)8-4-11-5-14-8/h3-5H,2H2,1H3. The summed E-state index contributed by atoms with van der Waals surface area (Å²) in [5.41, 5.74) is 3.92. The van der Waals surface area contributed by atoms with Crippen molar-refractivity contribution in [3.63, 3.8) is 0 Å². The first-order valence-electron chi connectivity index (χ1n) is 4.08. The van der Waals surface area contributed by atoms with E-state index in [0.717, 1.165) is 27.3 Å². The van der Waals surface area contributed by atoms with Crippen LogP contribution in [0.4, 0.5) is 0 Å². The molecule has 0 atom stereocenters. The average molecular weight is 270 g/mol. The molecule has 0 aliphatic carbocycles. The monoisotopic (exact) mass is 269 g/mol. The number of hydrogen-bond donors (Lipinski definition) is 0. The number of thiazole rings is 1. The van der Waals surface area contributed by atoms with Crippen LogP contribution in [0.15, 0.2) is 17.9 Å². The van der Waals surface area contributed by atoms with E-state index in [2.05, 4.69) is 30.9 Å². The molecule has 2 aromatic rings. The number of rotatable bonds is 2. The van der Waals surface area contributed by atoms with E-state index in [1.165, 1.54) is 0 Å². The molecule has 72 valence electrons. The van der Waals surface area contributed by atoms with Gasteiger partial charge in [-0.1, -0.05) is 15.9 Å². The third kappa shape index (κ3) is 1.83. The van der Waals surface area contributed by atoms with E-state index in [4.69, 9.17) is 0 Å². The first-order chi connectivity index (χ1) is 6.81. The predicted octanol–water partition coefficient (Wildman–Crippen LogP) is 2.80. The van der Waals surface area contributed by atoms with Crippen molar-refractivity contribution in [1.29, 1.82) is 0 Å². The Morgan fingerprint density at radius 1 is 1.43 bits per heavy atom. The van der Waals surface area contributed by atoms with E-state index in [0.29, 0.717) is 0 Å². The van der Waals surface area contributed by atoms with Gasteiger partial charge in [0.05, 0.1) is 10.4 Å². The fourth-order valence-corrected chi connectivity index (χ4v) is 2.18. The number of alkyl halides is 1. The topological polar surface area (TPSA) is 38.7 Å². The Bertz CT molecular complexity index is 428. The van der Waals surface area contributed by atoms with Crippen LogP contribution in [-0.2, 0) is 5.33 Å². The second-order valence-electron chi connectivity index (χ2n) is 2.80. The lowest BCUT2D eigenvalue weighted by molar-refractivity contribution is 1.07. The van der Waals surface area contributed by atoms with Crippen LogP contribution in [0, 0.1) is 6.92 Å². The van der Waals surface area contributed by atoms with Crippen LogP contribution in [0.3, 0.4) is 0 Å². The van der Waals surface area contributed by atoms with Gasteiger partial charge in [-0.3, -0.25) is 4.98 Å². The highest BCUT2D eigenvalue weighted by atomic mass is 79.9. The van der Waals surface area contributed by atoms with Gasteiger partial charge in [-0.25, -0.2) is 9.97 Å². The van der Waals surface area contributed by atoms with Crippen LogP contribution in [0.5, 0.6) is 0 Å². The maximum absolute atomic E-state index is 4.42. The van der Waals surface area contributed by atoms with Crippen LogP contribution in [-0.4, -0.2) is 15.0 Å². The summed E-state index contributed by atoms with van der Waals surface area (Å²) in [6.45, 7) is 1.99. The van der Waals surface area contributed by atoms with Crippen molar-refractivity contribution in [2.24, 2.45) is 0 Å². The van der Waals surface area contributed by atoms with Crippen molar-refractivity contribution in [3.05, 3.63) is 29.2 Å². The summed E-state index contributed by atoms with van der Waals surface area (Å²) >= 11 is 4.94. The highest BCUT2D eigenvalue weighted by Gasteiger charge is 2.05. The number of aryl methyl sites for hydroxylation is 1. The molecule has 0 fully saturated rings. The Morgan fingerprint density at radius 3 is 2.86 bits per heavy atom. The summed E-state index contributed by atoms with van der Waals surface area (Å²) in [6, 6.07) is 0. The Morgan fingerprint density at radius 2 is 2.29 bits per heavy atom. The molecule has 0 amide bonds. The van der Waals surface area contributed by atoms with Gasteiger partial charge in [0.2, 0.25) is 0 Å². The maximum Gasteiger partial charge on any atom is 0.171 e. The van der Waals surface area contributed by atoms with Gasteiger partial charge in [-0.15, -0.1) is 11.3 Å². The summed E-state index contributed by atoms with van der Waals surface area (Å²) in [5, 5.41) is 0.793. The second kappa shape index (κ2) is 4.14. The zero-order valence-corrected chi connectivity index (χ0v) is 9.97. The summed E-state index contributed by atoms with van der Waals surface area (Å²) in [6.07, 6.45) is 3.64. The first kappa shape index (κ1) is 9.73. The van der Waals surface area contributed by atoms with Crippen LogP contribution < -0.4 is 0 Å². The van der Waals surface area contributed by atoms with Crippen molar-refractivity contribution in [2.45, 2.75) is 12.3 Å². The first-order valence-corrected chi connectivity index (χ1v) is 6.08. The number of aromatic nitrogens is 3. The van der Waals surface area contributed by atoms with E-state index < -0.39 is 0 Å². The molecule has 0 saturated carbocycles. The molecule has 2 heterocycles. The molecular weight excluding hydrogens is 262 g/mol. The minimum Gasteiger partial charge on any atom is -0.252 e. The van der Waals surface area contributed by atoms with Crippen molar-refractivity contribution in [3.8, 4) is 10.7 Å². The number of halogens is 1. The summed E-state index contributed by atoms with van der Waals surface area (Å²) in [5.74, 6) is 0.759. The van der Waals surface area contributed by atoms with E-state index in [9.17, 15) is 0 Å². The molecule has 0 bridgehead atoms. The van der Waals surface area contributed by atoms with Gasteiger partial charge in [0.25, 0.3) is 0 Å².